The summed E-state index contributed by atoms with van der Waals surface area (Å²) in [6.07, 6.45) is 2.28. The van der Waals surface area contributed by atoms with E-state index in [-0.39, 0.29) is 11.8 Å². The number of hydrogen-bond acceptors (Lipinski definition) is 4. The van der Waals surface area contributed by atoms with E-state index in [1.807, 2.05) is 24.3 Å². The molecule has 0 atom stereocenters. The van der Waals surface area contributed by atoms with Crippen LogP contribution in [0.1, 0.15) is 45.2 Å². The van der Waals surface area contributed by atoms with Gasteiger partial charge in [-0.25, -0.2) is 9.59 Å². The molecule has 146 valence electrons. The number of carbonyl (C=O) groups excluding carboxylic acids is 2. The molecule has 30 heavy (non-hydrogen) atoms. The fourth-order valence-corrected chi connectivity index (χ4v) is 4.70. The number of rotatable bonds is 4. The van der Waals surface area contributed by atoms with Crippen LogP contribution in [0.4, 0.5) is 0 Å². The molecule has 3 aromatic carbocycles. The second kappa shape index (κ2) is 6.85. The summed E-state index contributed by atoms with van der Waals surface area (Å²) in [6.45, 7) is 7.00. The first-order valence-electron chi connectivity index (χ1n) is 9.67. The van der Waals surface area contributed by atoms with E-state index >= 15 is 0 Å². The topological polar surface area (TPSA) is 52.6 Å². The quantitative estimate of drug-likeness (QED) is 0.248. The second-order valence-corrected chi connectivity index (χ2v) is 7.26. The molecule has 3 aromatic rings. The highest BCUT2D eigenvalue weighted by molar-refractivity contribution is 5.86. The summed E-state index contributed by atoms with van der Waals surface area (Å²) in [5, 5.41) is 0. The number of benzene rings is 3. The molecule has 2 bridgehead atoms. The van der Waals surface area contributed by atoms with Gasteiger partial charge in [-0.2, -0.15) is 0 Å². The van der Waals surface area contributed by atoms with Crippen LogP contribution in [-0.2, 0) is 9.59 Å². The molecule has 0 saturated heterocycles. The van der Waals surface area contributed by atoms with Crippen molar-refractivity contribution in [2.24, 2.45) is 0 Å². The van der Waals surface area contributed by atoms with E-state index in [1.54, 1.807) is 12.1 Å². The first-order chi connectivity index (χ1) is 14.6. The number of ether oxygens (including phenoxy) is 2. The SMILES string of the molecule is C=CC(=O)Oc1ccc(OC(=O)C=C)c2c1C1c3ccccc3C2c2ccccc21. The van der Waals surface area contributed by atoms with Crippen LogP contribution >= 0.6 is 0 Å². The summed E-state index contributed by atoms with van der Waals surface area (Å²) in [5.41, 5.74) is 6.35. The molecule has 4 nitrogen and oxygen atoms in total. The Bertz CT molecular complexity index is 1100. The van der Waals surface area contributed by atoms with E-state index < -0.39 is 11.9 Å². The Labute approximate surface area is 174 Å². The van der Waals surface area contributed by atoms with Gasteiger partial charge in [0.1, 0.15) is 11.5 Å². The van der Waals surface area contributed by atoms with Gasteiger partial charge in [-0.3, -0.25) is 0 Å². The van der Waals surface area contributed by atoms with Crippen molar-refractivity contribution in [2.75, 3.05) is 0 Å². The summed E-state index contributed by atoms with van der Waals surface area (Å²) < 4.78 is 11.2. The molecule has 0 fully saturated rings. The minimum atomic E-state index is -0.531. The van der Waals surface area contributed by atoms with Gasteiger partial charge in [0.15, 0.2) is 0 Å². The first kappa shape index (κ1) is 18.1. The predicted molar refractivity (Wildman–Crippen MR) is 113 cm³/mol. The molecule has 3 aliphatic rings. The Balaban J connectivity index is 1.82. The molecule has 0 heterocycles. The Morgan fingerprint density at radius 2 is 0.967 bits per heavy atom. The van der Waals surface area contributed by atoms with Crippen molar-refractivity contribution in [3.8, 4) is 11.5 Å². The van der Waals surface area contributed by atoms with Crippen LogP contribution in [0.3, 0.4) is 0 Å². The molecule has 0 aromatic heterocycles. The molecule has 0 spiro atoms. The smallest absolute Gasteiger partial charge is 0.335 e. The molecule has 6 rings (SSSR count). The summed E-state index contributed by atoms with van der Waals surface area (Å²) in [6, 6.07) is 19.8. The summed E-state index contributed by atoms with van der Waals surface area (Å²) in [7, 11) is 0. The van der Waals surface area contributed by atoms with Crippen molar-refractivity contribution in [3.63, 3.8) is 0 Å². The van der Waals surface area contributed by atoms with E-state index in [1.165, 1.54) is 0 Å². The van der Waals surface area contributed by atoms with Crippen LogP contribution in [-0.4, -0.2) is 11.9 Å². The standard InChI is InChI=1S/C26H18O4/c1-3-21(27)29-19-13-14-20(30-22(28)4-2)26-24-17-11-7-5-9-15(17)23(25(19)26)16-10-6-8-12-18(16)24/h3-14,23-24H,1-2H2. The fourth-order valence-electron chi connectivity index (χ4n) is 4.70. The van der Waals surface area contributed by atoms with Crippen molar-refractivity contribution < 1.29 is 19.1 Å². The van der Waals surface area contributed by atoms with Crippen molar-refractivity contribution in [3.05, 3.63) is 119 Å². The average Bonchev–Trinajstić information content (AvgIpc) is 2.79. The van der Waals surface area contributed by atoms with E-state index in [9.17, 15) is 9.59 Å². The van der Waals surface area contributed by atoms with Gasteiger partial charge in [0.2, 0.25) is 0 Å². The monoisotopic (exact) mass is 394 g/mol. The van der Waals surface area contributed by atoms with Gasteiger partial charge in [0.05, 0.1) is 0 Å². The lowest BCUT2D eigenvalue weighted by molar-refractivity contribution is -0.130. The molecular weight excluding hydrogens is 376 g/mol. The lowest BCUT2D eigenvalue weighted by Crippen LogP contribution is -2.29. The largest absolute Gasteiger partial charge is 0.423 e. The highest BCUT2D eigenvalue weighted by atomic mass is 16.5. The zero-order chi connectivity index (χ0) is 20.8. The first-order valence-corrected chi connectivity index (χ1v) is 9.67. The summed E-state index contributed by atoms with van der Waals surface area (Å²) in [5.74, 6) is -0.425. The molecular formula is C26H18O4. The molecule has 0 amide bonds. The number of esters is 2. The predicted octanol–water partition coefficient (Wildman–Crippen LogP) is 4.86. The van der Waals surface area contributed by atoms with Gasteiger partial charge in [-0.15, -0.1) is 0 Å². The van der Waals surface area contributed by atoms with Gasteiger partial charge >= 0.3 is 11.9 Å². The zero-order valence-corrected chi connectivity index (χ0v) is 16.1. The van der Waals surface area contributed by atoms with Crippen LogP contribution in [0.2, 0.25) is 0 Å². The minimum Gasteiger partial charge on any atom is -0.423 e. The van der Waals surface area contributed by atoms with Gasteiger partial charge in [0, 0.05) is 35.1 Å². The Morgan fingerprint density at radius 1 is 0.633 bits per heavy atom. The third kappa shape index (κ3) is 2.54. The molecule has 0 unspecified atom stereocenters. The number of hydrogen-bond donors (Lipinski definition) is 0. The van der Waals surface area contributed by atoms with Crippen molar-refractivity contribution in [1.82, 2.24) is 0 Å². The normalized spacial score (nSPS) is 17.2. The van der Waals surface area contributed by atoms with E-state index in [2.05, 4.69) is 37.4 Å². The fraction of sp³-hybridized carbons (Fsp3) is 0.0769. The highest BCUT2D eigenvalue weighted by Gasteiger charge is 2.44. The third-order valence-electron chi connectivity index (χ3n) is 5.77. The third-order valence-corrected chi connectivity index (χ3v) is 5.77. The van der Waals surface area contributed by atoms with Gasteiger partial charge in [0.25, 0.3) is 0 Å². The molecule has 0 aliphatic heterocycles. The second-order valence-electron chi connectivity index (χ2n) is 7.26. The van der Waals surface area contributed by atoms with Gasteiger partial charge in [-0.05, 0) is 34.4 Å². The maximum atomic E-state index is 12.0. The molecule has 3 aliphatic carbocycles. The van der Waals surface area contributed by atoms with Crippen molar-refractivity contribution >= 4 is 11.9 Å². The lowest BCUT2D eigenvalue weighted by Gasteiger charge is -2.43. The van der Waals surface area contributed by atoms with Gasteiger partial charge in [-0.1, -0.05) is 61.7 Å². The Hall–Kier alpha value is -3.92. The van der Waals surface area contributed by atoms with Crippen molar-refractivity contribution in [2.45, 2.75) is 11.8 Å². The van der Waals surface area contributed by atoms with E-state index in [4.69, 9.17) is 9.47 Å². The van der Waals surface area contributed by atoms with Crippen LogP contribution in [0.5, 0.6) is 11.5 Å². The van der Waals surface area contributed by atoms with Gasteiger partial charge < -0.3 is 9.47 Å². The zero-order valence-electron chi connectivity index (χ0n) is 16.1. The highest BCUT2D eigenvalue weighted by Crippen LogP contribution is 2.60. The molecule has 0 radical (unpaired) electrons. The lowest BCUT2D eigenvalue weighted by atomic mass is 9.60. The maximum absolute atomic E-state index is 12.0. The summed E-state index contributed by atoms with van der Waals surface area (Å²) >= 11 is 0. The Kier molecular flexibility index (Phi) is 4.14. The average molecular weight is 394 g/mol. The molecule has 0 N–H and O–H groups in total. The van der Waals surface area contributed by atoms with Crippen LogP contribution in [0.15, 0.2) is 86.0 Å². The minimum absolute atomic E-state index is 0.132. The van der Waals surface area contributed by atoms with E-state index in [0.717, 1.165) is 45.5 Å². The van der Waals surface area contributed by atoms with Crippen LogP contribution in [0.25, 0.3) is 0 Å². The molecule has 4 heteroatoms. The summed E-state index contributed by atoms with van der Waals surface area (Å²) in [4.78, 5) is 24.1. The Morgan fingerprint density at radius 3 is 1.27 bits per heavy atom. The van der Waals surface area contributed by atoms with Crippen LogP contribution in [0, 0.1) is 0 Å². The molecule has 0 saturated carbocycles. The van der Waals surface area contributed by atoms with Crippen molar-refractivity contribution in [1.29, 1.82) is 0 Å². The number of carbonyl (C=O) groups is 2. The van der Waals surface area contributed by atoms with Crippen LogP contribution < -0.4 is 9.47 Å². The van der Waals surface area contributed by atoms with E-state index in [0.29, 0.717) is 11.5 Å². The maximum Gasteiger partial charge on any atom is 0.335 e.